The van der Waals surface area contributed by atoms with E-state index in [0.717, 1.165) is 0 Å². The molecule has 33 heavy (non-hydrogen) atoms. The largest absolute Gasteiger partial charge is 0.355 e. The molecule has 0 unspecified atom stereocenters. The SMILES string of the molecule is C=C(CCN(CCN(CCC(=N)CCN(CCNC(C)=O)C(C)=O)C(C)=O)C(C)=O)C(C)=O. The van der Waals surface area contributed by atoms with E-state index in [9.17, 15) is 24.0 Å². The summed E-state index contributed by atoms with van der Waals surface area (Å²) >= 11 is 0. The molecule has 0 atom stereocenters. The summed E-state index contributed by atoms with van der Waals surface area (Å²) in [5.41, 5.74) is 0.864. The van der Waals surface area contributed by atoms with E-state index < -0.39 is 0 Å². The predicted octanol–water partition coefficient (Wildman–Crippen LogP) is 1.00. The zero-order chi connectivity index (χ0) is 25.6. The van der Waals surface area contributed by atoms with E-state index in [2.05, 4.69) is 11.9 Å². The van der Waals surface area contributed by atoms with E-state index in [-0.39, 0.29) is 29.4 Å². The van der Waals surface area contributed by atoms with Gasteiger partial charge in [-0.05, 0) is 18.9 Å². The van der Waals surface area contributed by atoms with Gasteiger partial charge in [-0.25, -0.2) is 0 Å². The number of rotatable bonds is 16. The molecule has 0 heterocycles. The first-order valence-electron chi connectivity index (χ1n) is 11.1. The molecule has 0 aromatic rings. The predicted molar refractivity (Wildman–Crippen MR) is 127 cm³/mol. The van der Waals surface area contributed by atoms with E-state index in [0.29, 0.717) is 76.4 Å². The Bertz CT molecular complexity index is 750. The average molecular weight is 466 g/mol. The maximum Gasteiger partial charge on any atom is 0.219 e. The maximum atomic E-state index is 12.0. The average Bonchev–Trinajstić information content (AvgIpc) is 2.70. The van der Waals surface area contributed by atoms with E-state index >= 15 is 0 Å². The van der Waals surface area contributed by atoms with Gasteiger partial charge >= 0.3 is 0 Å². The Kier molecular flexibility index (Phi) is 14.3. The van der Waals surface area contributed by atoms with Crippen molar-refractivity contribution in [3.8, 4) is 0 Å². The Hall–Kier alpha value is -3.04. The molecule has 0 fully saturated rings. The zero-order valence-corrected chi connectivity index (χ0v) is 20.7. The quantitative estimate of drug-likeness (QED) is 0.259. The molecule has 10 heteroatoms. The van der Waals surface area contributed by atoms with Crippen molar-refractivity contribution in [2.45, 2.75) is 53.9 Å². The molecule has 0 aliphatic carbocycles. The molecule has 0 aromatic heterocycles. The molecule has 0 saturated carbocycles. The summed E-state index contributed by atoms with van der Waals surface area (Å²) in [6.07, 6.45) is 1.12. The van der Waals surface area contributed by atoms with Gasteiger partial charge in [0.25, 0.3) is 0 Å². The highest BCUT2D eigenvalue weighted by Gasteiger charge is 2.16. The van der Waals surface area contributed by atoms with E-state index in [4.69, 9.17) is 5.41 Å². The summed E-state index contributed by atoms with van der Waals surface area (Å²) in [5, 5.41) is 10.8. The molecule has 0 bridgehead atoms. The molecule has 186 valence electrons. The van der Waals surface area contributed by atoms with Gasteiger partial charge in [0, 0.05) is 92.1 Å². The van der Waals surface area contributed by atoms with Crippen molar-refractivity contribution in [3.63, 3.8) is 0 Å². The number of ketones is 1. The number of Topliss-reactive ketones (excluding diaryl/α,β-unsaturated/α-hetero) is 1. The van der Waals surface area contributed by atoms with E-state index in [1.54, 1.807) is 14.7 Å². The van der Waals surface area contributed by atoms with Crippen molar-refractivity contribution in [1.82, 2.24) is 20.0 Å². The fraction of sp³-hybridized carbons (Fsp3) is 0.652. The lowest BCUT2D eigenvalue weighted by Gasteiger charge is -2.27. The van der Waals surface area contributed by atoms with Crippen molar-refractivity contribution >= 4 is 35.1 Å². The van der Waals surface area contributed by atoms with Crippen LogP contribution in [-0.2, 0) is 24.0 Å². The Morgan fingerprint density at radius 3 is 1.42 bits per heavy atom. The first kappa shape index (κ1) is 30.0. The van der Waals surface area contributed by atoms with Crippen molar-refractivity contribution < 1.29 is 24.0 Å². The number of nitrogens with zero attached hydrogens (tertiary/aromatic N) is 3. The molecular formula is C23H39N5O5. The van der Waals surface area contributed by atoms with E-state index in [1.165, 1.54) is 34.6 Å². The molecule has 0 saturated heterocycles. The first-order valence-corrected chi connectivity index (χ1v) is 11.1. The van der Waals surface area contributed by atoms with Crippen LogP contribution in [0.25, 0.3) is 0 Å². The Labute approximate surface area is 196 Å². The molecule has 2 N–H and O–H groups in total. The van der Waals surface area contributed by atoms with Crippen molar-refractivity contribution in [1.29, 1.82) is 5.41 Å². The minimum absolute atomic E-state index is 0.110. The summed E-state index contributed by atoms with van der Waals surface area (Å²) < 4.78 is 0. The zero-order valence-electron chi connectivity index (χ0n) is 20.7. The standard InChI is InChI=1S/C23H39N5O5/c1-17(18(2)29)7-11-27(21(5)32)15-16-28(22(6)33)13-9-23(24)8-12-26(20(4)31)14-10-25-19(3)30/h24H,1,7-16H2,2-6H3,(H,25,30). The highest BCUT2D eigenvalue weighted by atomic mass is 16.2. The Morgan fingerprint density at radius 1 is 0.667 bits per heavy atom. The molecule has 0 aliphatic rings. The minimum Gasteiger partial charge on any atom is -0.355 e. The third-order valence-electron chi connectivity index (χ3n) is 5.28. The molecule has 0 aromatic carbocycles. The lowest BCUT2D eigenvalue weighted by Crippen LogP contribution is -2.41. The summed E-state index contributed by atoms with van der Waals surface area (Å²) in [7, 11) is 0. The van der Waals surface area contributed by atoms with Gasteiger partial charge in [0.15, 0.2) is 5.78 Å². The second-order valence-corrected chi connectivity index (χ2v) is 8.01. The summed E-state index contributed by atoms with van der Waals surface area (Å²) in [6, 6.07) is 0. The minimum atomic E-state index is -0.164. The van der Waals surface area contributed by atoms with Gasteiger partial charge in [-0.1, -0.05) is 6.58 Å². The van der Waals surface area contributed by atoms with Gasteiger partial charge in [-0.3, -0.25) is 24.0 Å². The Balaban J connectivity index is 4.62. The van der Waals surface area contributed by atoms with Crippen LogP contribution < -0.4 is 5.32 Å². The molecule has 0 spiro atoms. The van der Waals surface area contributed by atoms with E-state index in [1.807, 2.05) is 0 Å². The molecule has 0 aliphatic heterocycles. The van der Waals surface area contributed by atoms with Crippen LogP contribution in [0.5, 0.6) is 0 Å². The van der Waals surface area contributed by atoms with Gasteiger partial charge in [-0.15, -0.1) is 0 Å². The number of nitrogens with one attached hydrogen (secondary N) is 2. The van der Waals surface area contributed by atoms with Crippen LogP contribution in [-0.4, -0.2) is 95.6 Å². The van der Waals surface area contributed by atoms with Gasteiger partial charge in [-0.2, -0.15) is 0 Å². The second kappa shape index (κ2) is 15.7. The monoisotopic (exact) mass is 465 g/mol. The smallest absolute Gasteiger partial charge is 0.219 e. The van der Waals surface area contributed by atoms with Gasteiger partial charge in [0.2, 0.25) is 23.6 Å². The maximum absolute atomic E-state index is 12.0. The third-order valence-corrected chi connectivity index (χ3v) is 5.28. The first-order chi connectivity index (χ1) is 15.3. The normalized spacial score (nSPS) is 10.2. The van der Waals surface area contributed by atoms with Crippen molar-refractivity contribution in [2.24, 2.45) is 0 Å². The van der Waals surface area contributed by atoms with Crippen LogP contribution in [0.3, 0.4) is 0 Å². The number of amides is 4. The molecule has 4 amide bonds. The molecular weight excluding hydrogens is 426 g/mol. The van der Waals surface area contributed by atoms with Gasteiger partial charge in [0.05, 0.1) is 0 Å². The summed E-state index contributed by atoms with van der Waals surface area (Å²) in [4.78, 5) is 62.7. The summed E-state index contributed by atoms with van der Waals surface area (Å²) in [6.45, 7) is 13.3. The number of hydrogen-bond donors (Lipinski definition) is 2. The fourth-order valence-corrected chi connectivity index (χ4v) is 3.00. The third kappa shape index (κ3) is 13.9. The number of carbonyl (C=O) groups is 5. The van der Waals surface area contributed by atoms with Crippen molar-refractivity contribution in [2.75, 3.05) is 45.8 Å². The van der Waals surface area contributed by atoms with Crippen LogP contribution in [0.2, 0.25) is 0 Å². The number of carbonyl (C=O) groups excluding carboxylic acids is 5. The lowest BCUT2D eigenvalue weighted by atomic mass is 10.1. The highest BCUT2D eigenvalue weighted by Crippen LogP contribution is 2.05. The molecule has 10 nitrogen and oxygen atoms in total. The molecule has 0 rings (SSSR count). The van der Waals surface area contributed by atoms with Crippen LogP contribution in [0.15, 0.2) is 12.2 Å². The van der Waals surface area contributed by atoms with Crippen molar-refractivity contribution in [3.05, 3.63) is 12.2 Å². The van der Waals surface area contributed by atoms with Crippen LogP contribution in [0, 0.1) is 5.41 Å². The van der Waals surface area contributed by atoms with Crippen LogP contribution in [0.4, 0.5) is 0 Å². The van der Waals surface area contributed by atoms with Crippen LogP contribution in [0.1, 0.15) is 53.9 Å². The topological polar surface area (TPSA) is 131 Å². The fourth-order valence-electron chi connectivity index (χ4n) is 3.00. The molecule has 0 radical (unpaired) electrons. The van der Waals surface area contributed by atoms with Gasteiger partial charge < -0.3 is 25.4 Å². The highest BCUT2D eigenvalue weighted by molar-refractivity contribution is 5.92. The lowest BCUT2D eigenvalue weighted by molar-refractivity contribution is -0.132. The van der Waals surface area contributed by atoms with Crippen LogP contribution >= 0.6 is 0 Å². The van der Waals surface area contributed by atoms with Gasteiger partial charge in [0.1, 0.15) is 0 Å². The number of hydrogen-bond acceptors (Lipinski definition) is 6. The summed E-state index contributed by atoms with van der Waals surface area (Å²) in [5.74, 6) is -0.704. The second-order valence-electron chi connectivity index (χ2n) is 8.01. The Morgan fingerprint density at radius 2 is 1.06 bits per heavy atom.